The fourth-order valence-electron chi connectivity index (χ4n) is 2.40. The van der Waals surface area contributed by atoms with Crippen LogP contribution in [0.5, 0.6) is 11.5 Å². The van der Waals surface area contributed by atoms with Crippen LogP contribution in [0.25, 0.3) is 0 Å². The van der Waals surface area contributed by atoms with E-state index in [4.69, 9.17) is 9.47 Å². The summed E-state index contributed by atoms with van der Waals surface area (Å²) in [5.41, 5.74) is 1.19. The van der Waals surface area contributed by atoms with Crippen molar-refractivity contribution in [2.45, 2.75) is 19.5 Å². The number of ether oxygens (including phenoxy) is 2. The third-order valence-electron chi connectivity index (χ3n) is 3.33. The molecule has 0 unspecified atom stereocenters. The van der Waals surface area contributed by atoms with Crippen molar-refractivity contribution < 1.29 is 9.47 Å². The molecular formula is C14H23ClN2O2. The van der Waals surface area contributed by atoms with Gasteiger partial charge in [-0.2, -0.15) is 0 Å². The third-order valence-corrected chi connectivity index (χ3v) is 3.33. The average molecular weight is 287 g/mol. The maximum Gasteiger partial charge on any atom is 0.123 e. The zero-order valence-corrected chi connectivity index (χ0v) is 12.6. The zero-order valence-electron chi connectivity index (χ0n) is 11.8. The Morgan fingerprint density at radius 1 is 1.32 bits per heavy atom. The molecule has 0 aliphatic carbocycles. The highest BCUT2D eigenvalue weighted by Crippen LogP contribution is 2.25. The van der Waals surface area contributed by atoms with Crippen LogP contribution < -0.4 is 14.8 Å². The SMILES string of the molecule is COc1ccc(OC)c(CN2CCN[C@@H](C)C2)c1.Cl. The molecule has 0 bridgehead atoms. The first kappa shape index (κ1) is 16.1. The van der Waals surface area contributed by atoms with Crippen molar-refractivity contribution in [1.29, 1.82) is 0 Å². The zero-order chi connectivity index (χ0) is 13.0. The molecule has 0 saturated carbocycles. The molecule has 4 nitrogen and oxygen atoms in total. The maximum atomic E-state index is 5.42. The predicted molar refractivity (Wildman–Crippen MR) is 79.5 cm³/mol. The van der Waals surface area contributed by atoms with E-state index in [0.29, 0.717) is 6.04 Å². The molecule has 1 aliphatic heterocycles. The molecule has 5 heteroatoms. The second-order valence-electron chi connectivity index (χ2n) is 4.77. The second-order valence-corrected chi connectivity index (χ2v) is 4.77. The lowest BCUT2D eigenvalue weighted by molar-refractivity contribution is 0.197. The molecule has 1 heterocycles. The summed E-state index contributed by atoms with van der Waals surface area (Å²) in [6.07, 6.45) is 0. The van der Waals surface area contributed by atoms with Gasteiger partial charge in [0.05, 0.1) is 14.2 Å². The highest BCUT2D eigenvalue weighted by atomic mass is 35.5. The van der Waals surface area contributed by atoms with Crippen LogP contribution in [0.1, 0.15) is 12.5 Å². The van der Waals surface area contributed by atoms with Crippen LogP contribution in [0.15, 0.2) is 18.2 Å². The largest absolute Gasteiger partial charge is 0.497 e. The van der Waals surface area contributed by atoms with E-state index < -0.39 is 0 Å². The molecule has 1 aromatic rings. The van der Waals surface area contributed by atoms with Crippen molar-refractivity contribution in [2.75, 3.05) is 33.9 Å². The Kier molecular flexibility index (Phi) is 6.42. The number of hydrogen-bond donors (Lipinski definition) is 1. The molecule has 19 heavy (non-hydrogen) atoms. The van der Waals surface area contributed by atoms with Crippen LogP contribution in [0.4, 0.5) is 0 Å². The molecule has 108 valence electrons. The summed E-state index contributed by atoms with van der Waals surface area (Å²) in [6.45, 7) is 6.32. The first-order chi connectivity index (χ1) is 8.72. The summed E-state index contributed by atoms with van der Waals surface area (Å²) >= 11 is 0. The van der Waals surface area contributed by atoms with Crippen molar-refractivity contribution in [3.8, 4) is 11.5 Å². The number of nitrogens with one attached hydrogen (secondary N) is 1. The van der Waals surface area contributed by atoms with Gasteiger partial charge in [-0.25, -0.2) is 0 Å². The standard InChI is InChI=1S/C14H22N2O2.ClH/c1-11-9-16(7-6-15-11)10-12-8-13(17-2)4-5-14(12)18-3;/h4-5,8,11,15H,6-7,9-10H2,1-3H3;1H/t11-;/m0./s1. The molecular weight excluding hydrogens is 264 g/mol. The topological polar surface area (TPSA) is 33.7 Å². The minimum Gasteiger partial charge on any atom is -0.497 e. The normalized spacial score (nSPS) is 19.6. The molecule has 2 rings (SSSR count). The van der Waals surface area contributed by atoms with Crippen LogP contribution in [0, 0.1) is 0 Å². The summed E-state index contributed by atoms with van der Waals surface area (Å²) in [7, 11) is 3.41. The third kappa shape index (κ3) is 4.27. The van der Waals surface area contributed by atoms with Crippen LogP contribution in [0.3, 0.4) is 0 Å². The molecule has 1 saturated heterocycles. The van der Waals surface area contributed by atoms with Crippen molar-refractivity contribution in [3.05, 3.63) is 23.8 Å². The number of halogens is 1. The highest BCUT2D eigenvalue weighted by Gasteiger charge is 2.17. The Labute approximate surface area is 121 Å². The van der Waals surface area contributed by atoms with Gasteiger partial charge in [0.15, 0.2) is 0 Å². The summed E-state index contributed by atoms with van der Waals surface area (Å²) < 4.78 is 10.7. The fourth-order valence-corrected chi connectivity index (χ4v) is 2.40. The Balaban J connectivity index is 0.00000180. The lowest BCUT2D eigenvalue weighted by Gasteiger charge is -2.32. The molecule has 0 radical (unpaired) electrons. The van der Waals surface area contributed by atoms with Crippen LogP contribution in [0.2, 0.25) is 0 Å². The van der Waals surface area contributed by atoms with Crippen LogP contribution >= 0.6 is 12.4 Å². The molecule has 0 spiro atoms. The summed E-state index contributed by atoms with van der Waals surface area (Å²) in [5, 5.41) is 3.45. The molecule has 1 fully saturated rings. The number of methoxy groups -OCH3 is 2. The van der Waals surface area contributed by atoms with E-state index in [-0.39, 0.29) is 12.4 Å². The molecule has 1 aliphatic rings. The summed E-state index contributed by atoms with van der Waals surface area (Å²) in [5.74, 6) is 1.82. The van der Waals surface area contributed by atoms with E-state index in [1.54, 1.807) is 14.2 Å². The van der Waals surface area contributed by atoms with Gasteiger partial charge in [0.1, 0.15) is 11.5 Å². The molecule has 1 atom stereocenters. The van der Waals surface area contributed by atoms with E-state index in [1.165, 1.54) is 5.56 Å². The molecule has 1 aromatic carbocycles. The van der Waals surface area contributed by atoms with Crippen LogP contribution in [-0.4, -0.2) is 44.8 Å². The number of nitrogens with zero attached hydrogens (tertiary/aromatic N) is 1. The van der Waals surface area contributed by atoms with Crippen LogP contribution in [-0.2, 0) is 6.54 Å². The summed E-state index contributed by atoms with van der Waals surface area (Å²) in [4.78, 5) is 2.44. The van der Waals surface area contributed by atoms with Gasteiger partial charge < -0.3 is 14.8 Å². The maximum absolute atomic E-state index is 5.42. The van der Waals surface area contributed by atoms with E-state index >= 15 is 0 Å². The number of benzene rings is 1. The summed E-state index contributed by atoms with van der Waals surface area (Å²) in [6, 6.07) is 6.52. The quantitative estimate of drug-likeness (QED) is 0.917. The highest BCUT2D eigenvalue weighted by molar-refractivity contribution is 5.85. The minimum atomic E-state index is 0. The van der Waals surface area contributed by atoms with Gasteiger partial charge in [0.25, 0.3) is 0 Å². The first-order valence-corrected chi connectivity index (χ1v) is 6.39. The van der Waals surface area contributed by atoms with E-state index in [9.17, 15) is 0 Å². The van der Waals surface area contributed by atoms with Gasteiger partial charge >= 0.3 is 0 Å². The Hall–Kier alpha value is -0.970. The lowest BCUT2D eigenvalue weighted by Crippen LogP contribution is -2.48. The molecule has 0 aromatic heterocycles. The van der Waals surface area contributed by atoms with Crippen molar-refractivity contribution in [3.63, 3.8) is 0 Å². The second kappa shape index (κ2) is 7.58. The predicted octanol–water partition coefficient (Wildman–Crippen LogP) is 1.92. The van der Waals surface area contributed by atoms with Gasteiger partial charge in [-0.1, -0.05) is 0 Å². The molecule has 0 amide bonds. The average Bonchev–Trinajstić information content (AvgIpc) is 2.38. The number of hydrogen-bond acceptors (Lipinski definition) is 4. The minimum absolute atomic E-state index is 0. The smallest absolute Gasteiger partial charge is 0.123 e. The monoisotopic (exact) mass is 286 g/mol. The Morgan fingerprint density at radius 3 is 2.74 bits per heavy atom. The fraction of sp³-hybridized carbons (Fsp3) is 0.571. The van der Waals surface area contributed by atoms with Crippen molar-refractivity contribution >= 4 is 12.4 Å². The molecule has 1 N–H and O–H groups in total. The van der Waals surface area contributed by atoms with Gasteiger partial charge in [-0.05, 0) is 25.1 Å². The van der Waals surface area contributed by atoms with Gasteiger partial charge in [0.2, 0.25) is 0 Å². The van der Waals surface area contributed by atoms with Crippen molar-refractivity contribution in [1.82, 2.24) is 10.2 Å². The number of rotatable bonds is 4. The van der Waals surface area contributed by atoms with E-state index in [2.05, 4.69) is 23.2 Å². The van der Waals surface area contributed by atoms with Gasteiger partial charge in [0, 0.05) is 37.8 Å². The Bertz CT molecular complexity index is 401. The van der Waals surface area contributed by atoms with Gasteiger partial charge in [-0.3, -0.25) is 4.90 Å². The Morgan fingerprint density at radius 2 is 2.11 bits per heavy atom. The first-order valence-electron chi connectivity index (χ1n) is 6.39. The van der Waals surface area contributed by atoms with E-state index in [1.807, 2.05) is 12.1 Å². The van der Waals surface area contributed by atoms with Gasteiger partial charge in [-0.15, -0.1) is 12.4 Å². The van der Waals surface area contributed by atoms with Crippen molar-refractivity contribution in [2.24, 2.45) is 0 Å². The number of piperazine rings is 1. The lowest BCUT2D eigenvalue weighted by atomic mass is 10.1. The van der Waals surface area contributed by atoms with E-state index in [0.717, 1.165) is 37.7 Å².